The maximum absolute atomic E-state index is 12.7. The molecule has 1 aliphatic heterocycles. The van der Waals surface area contributed by atoms with Crippen LogP contribution in [0.15, 0.2) is 48.5 Å². The average molecular weight is 482 g/mol. The van der Waals surface area contributed by atoms with Crippen molar-refractivity contribution >= 4 is 12.1 Å². The number of nitrogens with one attached hydrogen (secondary N) is 2. The van der Waals surface area contributed by atoms with Crippen LogP contribution in [0.25, 0.3) is 0 Å². The fraction of sp³-hybridized carbons (Fsp3) is 0.500. The lowest BCUT2D eigenvalue weighted by Gasteiger charge is -2.30. The summed E-state index contributed by atoms with van der Waals surface area (Å²) in [5.41, 5.74) is 2.56. The number of aliphatic hydroxyl groups is 1. The molecule has 2 atom stereocenters. The predicted octanol–water partition coefficient (Wildman–Crippen LogP) is 4.91. The van der Waals surface area contributed by atoms with Gasteiger partial charge in [-0.25, -0.2) is 0 Å². The zero-order chi connectivity index (χ0) is 25.6. The van der Waals surface area contributed by atoms with Crippen LogP contribution in [-0.4, -0.2) is 57.3 Å². The van der Waals surface area contributed by atoms with Crippen molar-refractivity contribution in [1.82, 2.24) is 10.2 Å². The lowest BCUT2D eigenvalue weighted by molar-refractivity contribution is -0.137. The Balaban J connectivity index is 0.000000285. The third-order valence-electron chi connectivity index (χ3n) is 5.72. The zero-order valence-corrected chi connectivity index (χ0v) is 20.5. The van der Waals surface area contributed by atoms with E-state index in [9.17, 15) is 18.0 Å². The van der Waals surface area contributed by atoms with Crippen LogP contribution in [0, 0.1) is 12.8 Å². The Labute approximate surface area is 201 Å². The first kappa shape index (κ1) is 29.5. The van der Waals surface area contributed by atoms with E-state index in [1.165, 1.54) is 17.7 Å². The first-order valence-corrected chi connectivity index (χ1v) is 11.5. The number of carbonyl (C=O) groups excluding carboxylic acids is 1. The molecule has 1 heterocycles. The van der Waals surface area contributed by atoms with Crippen LogP contribution in [-0.2, 0) is 11.0 Å². The van der Waals surface area contributed by atoms with Crippen LogP contribution >= 0.6 is 0 Å². The van der Waals surface area contributed by atoms with Crippen molar-refractivity contribution in [3.63, 3.8) is 0 Å². The van der Waals surface area contributed by atoms with E-state index in [1.54, 1.807) is 6.07 Å². The van der Waals surface area contributed by atoms with Crippen LogP contribution in [0.3, 0.4) is 0 Å². The number of carbonyl (C=O) groups is 1. The van der Waals surface area contributed by atoms with Crippen LogP contribution < -0.4 is 10.6 Å². The van der Waals surface area contributed by atoms with Crippen LogP contribution in [0.4, 0.5) is 18.9 Å². The molecule has 190 valence electrons. The predicted molar refractivity (Wildman–Crippen MR) is 132 cm³/mol. The van der Waals surface area contributed by atoms with Gasteiger partial charge in [0.2, 0.25) is 6.41 Å². The molecule has 2 aliphatic rings. The molecule has 0 saturated heterocycles. The lowest BCUT2D eigenvalue weighted by Crippen LogP contribution is -2.25. The number of nitrogens with zero attached hydrogens (tertiary/aromatic N) is 1. The van der Waals surface area contributed by atoms with E-state index in [0.717, 1.165) is 57.3 Å². The molecule has 0 aromatic heterocycles. The third-order valence-corrected chi connectivity index (χ3v) is 5.72. The second-order valence-corrected chi connectivity index (χ2v) is 8.51. The van der Waals surface area contributed by atoms with Crippen LogP contribution in [0.1, 0.15) is 41.9 Å². The molecular formula is C26H38F3N3O2. The molecule has 0 radical (unpaired) electrons. The Hall–Kier alpha value is -2.58. The Morgan fingerprint density at radius 1 is 1.12 bits per heavy atom. The molecule has 5 nitrogen and oxygen atoms in total. The minimum Gasteiger partial charge on any atom is -0.400 e. The Morgan fingerprint density at radius 3 is 2.32 bits per heavy atom. The van der Waals surface area contributed by atoms with Crippen molar-refractivity contribution in [3.8, 4) is 0 Å². The average Bonchev–Trinajstić information content (AvgIpc) is 3.30. The number of benzene rings is 2. The molecule has 1 amide bonds. The molecule has 34 heavy (non-hydrogen) atoms. The zero-order valence-electron chi connectivity index (χ0n) is 20.5. The van der Waals surface area contributed by atoms with E-state index in [2.05, 4.69) is 29.7 Å². The molecule has 1 fully saturated rings. The fourth-order valence-electron chi connectivity index (χ4n) is 4.02. The lowest BCUT2D eigenvalue weighted by atomic mass is 9.84. The van der Waals surface area contributed by atoms with Gasteiger partial charge in [0.05, 0.1) is 5.56 Å². The summed E-state index contributed by atoms with van der Waals surface area (Å²) in [6.45, 7) is 4.62. The van der Waals surface area contributed by atoms with Crippen molar-refractivity contribution in [3.05, 3.63) is 65.2 Å². The number of anilines is 1. The first-order chi connectivity index (χ1) is 16.2. The molecular weight excluding hydrogens is 443 g/mol. The fourth-order valence-corrected chi connectivity index (χ4v) is 4.02. The molecule has 0 spiro atoms. The van der Waals surface area contributed by atoms with E-state index < -0.39 is 11.7 Å². The summed E-state index contributed by atoms with van der Waals surface area (Å²) in [5.74, 6) is 0.847. The van der Waals surface area contributed by atoms with Gasteiger partial charge in [-0.3, -0.25) is 4.79 Å². The summed E-state index contributed by atoms with van der Waals surface area (Å²) >= 11 is 0. The number of aliphatic hydroxyl groups excluding tert-OH is 1. The molecule has 8 heteroatoms. The quantitative estimate of drug-likeness (QED) is 0.429. The second kappa shape index (κ2) is 15.3. The van der Waals surface area contributed by atoms with Crippen molar-refractivity contribution in [2.24, 2.45) is 5.92 Å². The molecule has 3 N–H and O–H groups in total. The SMILES string of the molecule is CN(C)CCNC=O.CO.Cc1ccccc1.FC(F)(F)c1ccc2c(c1)C1CCCC1CN2. The smallest absolute Gasteiger partial charge is 0.400 e. The van der Waals surface area contributed by atoms with Gasteiger partial charge in [0.25, 0.3) is 0 Å². The molecule has 1 aliphatic carbocycles. The summed E-state index contributed by atoms with van der Waals surface area (Å²) in [6, 6.07) is 14.3. The molecule has 4 rings (SSSR count). The highest BCUT2D eigenvalue weighted by atomic mass is 19.4. The highest BCUT2D eigenvalue weighted by Gasteiger charge is 2.36. The molecule has 2 aromatic carbocycles. The maximum atomic E-state index is 12.7. The summed E-state index contributed by atoms with van der Waals surface area (Å²) in [4.78, 5) is 11.7. The minimum absolute atomic E-state index is 0.327. The number of fused-ring (bicyclic) bond motifs is 3. The van der Waals surface area contributed by atoms with Crippen molar-refractivity contribution in [1.29, 1.82) is 0 Å². The van der Waals surface area contributed by atoms with Gasteiger partial charge in [-0.1, -0.05) is 42.3 Å². The summed E-state index contributed by atoms with van der Waals surface area (Å²) in [5, 5.41) is 12.8. The van der Waals surface area contributed by atoms with Gasteiger partial charge in [0, 0.05) is 32.4 Å². The van der Waals surface area contributed by atoms with Crippen molar-refractivity contribution < 1.29 is 23.1 Å². The van der Waals surface area contributed by atoms with Gasteiger partial charge in [0.1, 0.15) is 0 Å². The standard InChI is InChI=1S/C13H14F3N.C7H8.C5H12N2O.CH4O/c14-13(15,16)9-4-5-12-11(6-9)10-3-1-2-8(10)7-17-12;1-7-5-3-2-4-6-7;1-7(2)4-3-6-5-8;1-2/h4-6,8,10,17H,1-3,7H2;2-6H,1H3;5H,3-4H2,1-2H3,(H,6,8);2H,1H3. The number of halogens is 3. The van der Waals surface area contributed by atoms with Crippen LogP contribution in [0.5, 0.6) is 0 Å². The highest BCUT2D eigenvalue weighted by Crippen LogP contribution is 2.46. The van der Waals surface area contributed by atoms with Gasteiger partial charge in [-0.2, -0.15) is 13.2 Å². The summed E-state index contributed by atoms with van der Waals surface area (Å²) in [6.07, 6.45) is -0.231. The number of rotatable bonds is 4. The molecule has 2 aromatic rings. The van der Waals surface area contributed by atoms with E-state index >= 15 is 0 Å². The van der Waals surface area contributed by atoms with E-state index in [-0.39, 0.29) is 0 Å². The van der Waals surface area contributed by atoms with E-state index in [4.69, 9.17) is 5.11 Å². The van der Waals surface area contributed by atoms with Gasteiger partial charge in [0.15, 0.2) is 0 Å². The number of likely N-dealkylation sites (N-methyl/N-ethyl adjacent to an activating group) is 1. The topological polar surface area (TPSA) is 64.6 Å². The second-order valence-electron chi connectivity index (χ2n) is 8.51. The van der Waals surface area contributed by atoms with E-state index in [1.807, 2.05) is 37.2 Å². The monoisotopic (exact) mass is 481 g/mol. The van der Waals surface area contributed by atoms with Gasteiger partial charge in [-0.15, -0.1) is 0 Å². The number of aryl methyl sites for hydroxylation is 1. The summed E-state index contributed by atoms with van der Waals surface area (Å²) < 4.78 is 38.0. The third kappa shape index (κ3) is 10.1. The normalized spacial score (nSPS) is 17.8. The Kier molecular flexibility index (Phi) is 13.3. The van der Waals surface area contributed by atoms with Gasteiger partial charge in [-0.05, 0) is 69.5 Å². The number of hydrogen-bond acceptors (Lipinski definition) is 4. The van der Waals surface area contributed by atoms with E-state index in [0.29, 0.717) is 18.2 Å². The van der Waals surface area contributed by atoms with Crippen molar-refractivity contribution in [2.45, 2.75) is 38.3 Å². The van der Waals surface area contributed by atoms with Gasteiger partial charge >= 0.3 is 6.18 Å². The minimum atomic E-state index is -4.24. The molecule has 0 bridgehead atoms. The highest BCUT2D eigenvalue weighted by molar-refractivity contribution is 5.57. The molecule has 2 unspecified atom stereocenters. The number of hydrogen-bond donors (Lipinski definition) is 3. The van der Waals surface area contributed by atoms with Crippen LogP contribution in [0.2, 0.25) is 0 Å². The maximum Gasteiger partial charge on any atom is 0.416 e. The largest absolute Gasteiger partial charge is 0.416 e. The Morgan fingerprint density at radius 2 is 1.79 bits per heavy atom. The number of alkyl halides is 3. The van der Waals surface area contributed by atoms with Crippen molar-refractivity contribution in [2.75, 3.05) is 46.2 Å². The first-order valence-electron chi connectivity index (χ1n) is 11.5. The summed E-state index contributed by atoms with van der Waals surface area (Å²) in [7, 11) is 4.93. The number of amides is 1. The molecule has 1 saturated carbocycles. The Bertz CT molecular complexity index is 830. The van der Waals surface area contributed by atoms with Gasteiger partial charge < -0.3 is 20.6 Å².